The third-order valence-corrected chi connectivity index (χ3v) is 4.95. The summed E-state index contributed by atoms with van der Waals surface area (Å²) >= 11 is 0. The summed E-state index contributed by atoms with van der Waals surface area (Å²) in [5.41, 5.74) is 2.19. The average molecular weight is 402 g/mol. The Morgan fingerprint density at radius 1 is 0.933 bits per heavy atom. The molecule has 3 rings (SSSR count). The Labute approximate surface area is 177 Å². The van der Waals surface area contributed by atoms with Crippen LogP contribution in [0, 0.1) is 0 Å². The first kappa shape index (κ1) is 21.1. The minimum Gasteiger partial charge on any atom is -0.497 e. The second-order valence-electron chi connectivity index (χ2n) is 6.85. The number of nitrogens with one attached hydrogen (secondary N) is 1. The van der Waals surface area contributed by atoms with Crippen molar-refractivity contribution >= 4 is 34.4 Å². The minimum atomic E-state index is -0.229. The van der Waals surface area contributed by atoms with Crippen LogP contribution in [0.1, 0.15) is 29.8 Å². The van der Waals surface area contributed by atoms with Crippen molar-refractivity contribution < 1.29 is 14.3 Å². The number of rotatable bonds is 7. The second-order valence-corrected chi connectivity index (χ2v) is 6.85. The van der Waals surface area contributed by atoms with Gasteiger partial charge >= 0.3 is 0 Å². The van der Waals surface area contributed by atoms with Crippen LogP contribution < -0.4 is 10.1 Å². The van der Waals surface area contributed by atoms with Crippen molar-refractivity contribution in [2.75, 3.05) is 25.5 Å². The van der Waals surface area contributed by atoms with Gasteiger partial charge in [0.15, 0.2) is 0 Å². The van der Waals surface area contributed by atoms with E-state index in [9.17, 15) is 9.59 Å². The van der Waals surface area contributed by atoms with Crippen molar-refractivity contribution in [2.45, 2.75) is 13.8 Å². The molecule has 0 atom stereocenters. The molecule has 0 aromatic heterocycles. The molecular weight excluding hydrogens is 376 g/mol. The second kappa shape index (κ2) is 9.74. The van der Waals surface area contributed by atoms with E-state index in [0.29, 0.717) is 24.3 Å². The fraction of sp³-hybridized carbons (Fsp3) is 0.200. The quantitative estimate of drug-likeness (QED) is 0.567. The first-order chi connectivity index (χ1) is 14.5. The molecule has 0 unspecified atom stereocenters. The first-order valence-electron chi connectivity index (χ1n) is 10.00. The lowest BCUT2D eigenvalue weighted by Gasteiger charge is -2.18. The van der Waals surface area contributed by atoms with Crippen LogP contribution in [0.2, 0.25) is 0 Å². The van der Waals surface area contributed by atoms with Gasteiger partial charge in [-0.15, -0.1) is 0 Å². The molecule has 0 fully saturated rings. The van der Waals surface area contributed by atoms with Gasteiger partial charge in [-0.25, -0.2) is 0 Å². The summed E-state index contributed by atoms with van der Waals surface area (Å²) in [6.45, 7) is 5.24. The summed E-state index contributed by atoms with van der Waals surface area (Å²) in [6.07, 6.45) is 3.27. The van der Waals surface area contributed by atoms with Gasteiger partial charge in [0.25, 0.3) is 5.91 Å². The maximum Gasteiger partial charge on any atom is 0.253 e. The molecule has 0 bridgehead atoms. The zero-order valence-electron chi connectivity index (χ0n) is 17.5. The number of amides is 2. The Morgan fingerprint density at radius 3 is 2.27 bits per heavy atom. The summed E-state index contributed by atoms with van der Waals surface area (Å²) in [4.78, 5) is 26.4. The van der Waals surface area contributed by atoms with Gasteiger partial charge in [-0.1, -0.05) is 18.2 Å². The molecule has 1 N–H and O–H groups in total. The Kier molecular flexibility index (Phi) is 6.86. The number of benzene rings is 3. The number of nitrogens with zero attached hydrogens (tertiary/aromatic N) is 1. The molecule has 0 aliphatic carbocycles. The Balaban J connectivity index is 1.64. The van der Waals surface area contributed by atoms with E-state index in [4.69, 9.17) is 4.74 Å². The highest BCUT2D eigenvalue weighted by Gasteiger charge is 2.12. The lowest BCUT2D eigenvalue weighted by Crippen LogP contribution is -2.30. The summed E-state index contributed by atoms with van der Waals surface area (Å²) < 4.78 is 5.24. The molecule has 0 spiro atoms. The van der Waals surface area contributed by atoms with Crippen LogP contribution in [-0.4, -0.2) is 36.9 Å². The molecule has 0 aliphatic rings. The summed E-state index contributed by atoms with van der Waals surface area (Å²) in [5.74, 6) is 0.578. The molecule has 154 valence electrons. The highest BCUT2D eigenvalue weighted by atomic mass is 16.5. The standard InChI is InChI=1S/C25H26N2O3/c1-4-27(5-2)25(29)19-9-12-22(13-10-19)26-24(28)15-7-18-6-8-21-17-23(30-3)14-11-20(21)16-18/h6-17H,4-5H2,1-3H3,(H,26,28)/b15-7+. The van der Waals surface area contributed by atoms with Gasteiger partial charge in [0, 0.05) is 30.4 Å². The molecule has 0 aliphatic heterocycles. The van der Waals surface area contributed by atoms with Gasteiger partial charge in [0.05, 0.1) is 7.11 Å². The molecule has 5 nitrogen and oxygen atoms in total. The number of ether oxygens (including phenoxy) is 1. The maximum atomic E-state index is 12.3. The average Bonchev–Trinajstić information content (AvgIpc) is 2.78. The Bertz CT molecular complexity index is 1070. The summed E-state index contributed by atoms with van der Waals surface area (Å²) in [5, 5.41) is 4.98. The van der Waals surface area contributed by atoms with Crippen molar-refractivity contribution in [1.82, 2.24) is 4.90 Å². The molecule has 3 aromatic rings. The largest absolute Gasteiger partial charge is 0.497 e. The lowest BCUT2D eigenvalue weighted by molar-refractivity contribution is -0.111. The maximum absolute atomic E-state index is 12.3. The highest BCUT2D eigenvalue weighted by Crippen LogP contribution is 2.22. The van der Waals surface area contributed by atoms with Crippen molar-refractivity contribution in [3.05, 3.63) is 77.9 Å². The van der Waals surface area contributed by atoms with E-state index in [1.54, 1.807) is 42.4 Å². The van der Waals surface area contributed by atoms with Crippen molar-refractivity contribution in [1.29, 1.82) is 0 Å². The molecule has 0 saturated heterocycles. The predicted octanol–water partition coefficient (Wildman–Crippen LogP) is 4.98. The summed E-state index contributed by atoms with van der Waals surface area (Å²) in [6, 6.07) is 18.8. The van der Waals surface area contributed by atoms with E-state index >= 15 is 0 Å². The molecule has 5 heteroatoms. The summed E-state index contributed by atoms with van der Waals surface area (Å²) in [7, 11) is 1.65. The Hall–Kier alpha value is -3.60. The highest BCUT2D eigenvalue weighted by molar-refractivity contribution is 6.02. The van der Waals surface area contributed by atoms with Gasteiger partial charge in [0.1, 0.15) is 5.75 Å². The van der Waals surface area contributed by atoms with Crippen LogP contribution in [0.25, 0.3) is 16.8 Å². The van der Waals surface area contributed by atoms with E-state index in [2.05, 4.69) is 5.32 Å². The predicted molar refractivity (Wildman–Crippen MR) is 122 cm³/mol. The van der Waals surface area contributed by atoms with E-state index in [1.165, 1.54) is 6.08 Å². The lowest BCUT2D eigenvalue weighted by atomic mass is 10.1. The molecule has 30 heavy (non-hydrogen) atoms. The van der Waals surface area contributed by atoms with Crippen molar-refractivity contribution in [3.63, 3.8) is 0 Å². The molecule has 0 heterocycles. The zero-order chi connectivity index (χ0) is 21.5. The topological polar surface area (TPSA) is 58.6 Å². The van der Waals surface area contributed by atoms with Gasteiger partial charge in [-0.3, -0.25) is 9.59 Å². The molecule has 3 aromatic carbocycles. The number of carbonyl (C=O) groups excluding carboxylic acids is 2. The number of hydrogen-bond donors (Lipinski definition) is 1. The van der Waals surface area contributed by atoms with E-state index in [0.717, 1.165) is 22.1 Å². The van der Waals surface area contributed by atoms with Gasteiger partial charge < -0.3 is 15.0 Å². The van der Waals surface area contributed by atoms with E-state index in [-0.39, 0.29) is 11.8 Å². The third-order valence-electron chi connectivity index (χ3n) is 4.95. The van der Waals surface area contributed by atoms with Crippen LogP contribution in [0.3, 0.4) is 0 Å². The first-order valence-corrected chi connectivity index (χ1v) is 10.00. The van der Waals surface area contributed by atoms with Crippen molar-refractivity contribution in [3.8, 4) is 5.75 Å². The molecule has 0 radical (unpaired) electrons. The number of hydrogen-bond acceptors (Lipinski definition) is 3. The number of anilines is 1. The van der Waals surface area contributed by atoms with Crippen molar-refractivity contribution in [2.24, 2.45) is 0 Å². The third kappa shape index (κ3) is 5.06. The fourth-order valence-electron chi connectivity index (χ4n) is 3.22. The zero-order valence-corrected chi connectivity index (χ0v) is 17.5. The number of methoxy groups -OCH3 is 1. The number of carbonyl (C=O) groups is 2. The molecular formula is C25H26N2O3. The van der Waals surface area contributed by atoms with Crippen LogP contribution in [-0.2, 0) is 4.79 Å². The van der Waals surface area contributed by atoms with Crippen LogP contribution in [0.4, 0.5) is 5.69 Å². The van der Waals surface area contributed by atoms with Gasteiger partial charge in [-0.05, 0) is 78.7 Å². The fourth-order valence-corrected chi connectivity index (χ4v) is 3.22. The van der Waals surface area contributed by atoms with E-state index < -0.39 is 0 Å². The smallest absolute Gasteiger partial charge is 0.253 e. The number of fused-ring (bicyclic) bond motifs is 1. The van der Waals surface area contributed by atoms with Crippen LogP contribution >= 0.6 is 0 Å². The van der Waals surface area contributed by atoms with Gasteiger partial charge in [0.2, 0.25) is 5.91 Å². The monoisotopic (exact) mass is 402 g/mol. The SMILES string of the molecule is CCN(CC)C(=O)c1ccc(NC(=O)/C=C/c2ccc3cc(OC)ccc3c2)cc1. The molecule has 0 saturated carbocycles. The Morgan fingerprint density at radius 2 is 1.60 bits per heavy atom. The molecule has 2 amide bonds. The minimum absolute atomic E-state index is 0.00769. The van der Waals surface area contributed by atoms with Gasteiger partial charge in [-0.2, -0.15) is 0 Å². The normalized spacial score (nSPS) is 10.9. The van der Waals surface area contributed by atoms with E-state index in [1.807, 2.05) is 50.2 Å². The van der Waals surface area contributed by atoms with Crippen LogP contribution in [0.5, 0.6) is 5.75 Å². The van der Waals surface area contributed by atoms with Crippen LogP contribution in [0.15, 0.2) is 66.7 Å².